The topological polar surface area (TPSA) is 115 Å². The summed E-state index contributed by atoms with van der Waals surface area (Å²) in [5, 5.41) is 6.23. The Hall–Kier alpha value is -3.86. The van der Waals surface area contributed by atoms with Crippen LogP contribution in [-0.4, -0.2) is 57.2 Å². The standard InChI is InChI=1S/C28H32N6O4S/c1-27(2,3)38-26(36)33-10-9-28(15-33)12-18(13-28)34-20-6-5-17(29-4)11-19(20)31-25(34)32-24(35)23-8-7-22(39-23)21-14-30-16-37-21/h5-8,11,14,16,18,29H,9-10,12-13,15H2,1-4H3,(H,31,32,35). The zero-order valence-corrected chi connectivity index (χ0v) is 23.3. The van der Waals surface area contributed by atoms with Crippen LogP contribution in [0.5, 0.6) is 0 Å². The first-order valence-corrected chi connectivity index (χ1v) is 13.9. The molecule has 0 atom stereocenters. The molecule has 2 amide bonds. The van der Waals surface area contributed by atoms with Gasteiger partial charge in [0.05, 0.1) is 27.0 Å². The van der Waals surface area contributed by atoms with Gasteiger partial charge in [-0.05, 0) is 75.8 Å². The second kappa shape index (κ2) is 9.41. The number of likely N-dealkylation sites (tertiary alicyclic amines) is 1. The lowest BCUT2D eigenvalue weighted by Crippen LogP contribution is -2.43. The van der Waals surface area contributed by atoms with Crippen molar-refractivity contribution in [2.24, 2.45) is 5.41 Å². The monoisotopic (exact) mass is 548 g/mol. The van der Waals surface area contributed by atoms with Crippen LogP contribution >= 0.6 is 11.3 Å². The van der Waals surface area contributed by atoms with Crippen LogP contribution in [0.3, 0.4) is 0 Å². The van der Waals surface area contributed by atoms with Gasteiger partial charge in [0, 0.05) is 31.9 Å². The molecule has 0 radical (unpaired) electrons. The number of amides is 2. The number of hydrogen-bond donors (Lipinski definition) is 2. The average Bonchev–Trinajstić information content (AvgIpc) is 3.66. The van der Waals surface area contributed by atoms with Crippen LogP contribution in [0.4, 0.5) is 16.4 Å². The fourth-order valence-corrected chi connectivity index (χ4v) is 6.53. The van der Waals surface area contributed by atoms with Gasteiger partial charge in [-0.3, -0.25) is 10.1 Å². The Morgan fingerprint density at radius 2 is 2.03 bits per heavy atom. The van der Waals surface area contributed by atoms with E-state index in [0.29, 0.717) is 29.7 Å². The summed E-state index contributed by atoms with van der Waals surface area (Å²) in [4.78, 5) is 37.9. The van der Waals surface area contributed by atoms with E-state index in [1.54, 1.807) is 12.3 Å². The second-order valence-electron chi connectivity index (χ2n) is 11.5. The number of imidazole rings is 1. The summed E-state index contributed by atoms with van der Waals surface area (Å²) in [6, 6.07) is 9.86. The number of aromatic nitrogens is 3. The maximum absolute atomic E-state index is 13.3. The molecule has 1 saturated carbocycles. The largest absolute Gasteiger partial charge is 0.444 e. The molecule has 4 aromatic rings. The van der Waals surface area contributed by atoms with Gasteiger partial charge in [0.15, 0.2) is 12.2 Å². The molecule has 0 bridgehead atoms. The molecular weight excluding hydrogens is 516 g/mol. The highest BCUT2D eigenvalue weighted by Crippen LogP contribution is 2.55. The summed E-state index contributed by atoms with van der Waals surface area (Å²) in [5.74, 6) is 0.935. The van der Waals surface area contributed by atoms with Crippen molar-refractivity contribution >= 4 is 46.0 Å². The number of oxazole rings is 1. The Kier molecular flexibility index (Phi) is 6.13. The number of nitrogens with one attached hydrogen (secondary N) is 2. The predicted octanol–water partition coefficient (Wildman–Crippen LogP) is 6.01. The smallest absolute Gasteiger partial charge is 0.410 e. The third-order valence-electron chi connectivity index (χ3n) is 7.50. The van der Waals surface area contributed by atoms with Crippen molar-refractivity contribution in [1.82, 2.24) is 19.4 Å². The highest BCUT2D eigenvalue weighted by atomic mass is 32.1. The Morgan fingerprint density at radius 3 is 2.74 bits per heavy atom. The zero-order valence-electron chi connectivity index (χ0n) is 22.5. The molecule has 4 heterocycles. The number of anilines is 2. The molecule has 6 rings (SSSR count). The van der Waals surface area contributed by atoms with E-state index in [1.165, 1.54) is 17.7 Å². The highest BCUT2D eigenvalue weighted by Gasteiger charge is 2.51. The number of benzene rings is 1. The lowest BCUT2D eigenvalue weighted by atomic mass is 9.65. The Balaban J connectivity index is 1.23. The van der Waals surface area contributed by atoms with Gasteiger partial charge in [-0.15, -0.1) is 11.3 Å². The number of carbonyl (C=O) groups excluding carboxylic acids is 2. The molecule has 2 fully saturated rings. The van der Waals surface area contributed by atoms with Crippen molar-refractivity contribution in [3.63, 3.8) is 0 Å². The van der Waals surface area contributed by atoms with Crippen molar-refractivity contribution in [3.8, 4) is 10.6 Å². The van der Waals surface area contributed by atoms with Crippen LogP contribution < -0.4 is 10.6 Å². The van der Waals surface area contributed by atoms with Gasteiger partial charge >= 0.3 is 6.09 Å². The van der Waals surface area contributed by atoms with E-state index in [1.807, 2.05) is 57.0 Å². The number of nitrogens with zero attached hydrogens (tertiary/aromatic N) is 4. The van der Waals surface area contributed by atoms with Gasteiger partial charge < -0.3 is 23.9 Å². The quantitative estimate of drug-likeness (QED) is 0.314. The number of ether oxygens (including phenoxy) is 1. The van der Waals surface area contributed by atoms with Crippen LogP contribution in [0.2, 0.25) is 0 Å². The molecule has 1 spiro atoms. The maximum Gasteiger partial charge on any atom is 0.410 e. The Bertz CT molecular complexity index is 1530. The van der Waals surface area contributed by atoms with Gasteiger partial charge in [-0.25, -0.2) is 14.8 Å². The van der Waals surface area contributed by atoms with E-state index in [4.69, 9.17) is 14.1 Å². The average molecular weight is 549 g/mol. The third kappa shape index (κ3) is 4.87. The van der Waals surface area contributed by atoms with Crippen LogP contribution in [-0.2, 0) is 4.74 Å². The molecule has 1 saturated heterocycles. The molecule has 2 N–H and O–H groups in total. The van der Waals surface area contributed by atoms with Crippen LogP contribution in [0.15, 0.2) is 47.3 Å². The van der Waals surface area contributed by atoms with Gasteiger partial charge in [0.25, 0.3) is 5.91 Å². The first-order chi connectivity index (χ1) is 18.6. The molecular formula is C28H32N6O4S. The summed E-state index contributed by atoms with van der Waals surface area (Å²) in [6.45, 7) is 7.06. The van der Waals surface area contributed by atoms with Crippen molar-refractivity contribution in [2.45, 2.75) is 51.7 Å². The molecule has 2 aliphatic rings. The molecule has 1 aromatic carbocycles. The van der Waals surface area contributed by atoms with Crippen LogP contribution in [0.25, 0.3) is 21.7 Å². The molecule has 10 nitrogen and oxygen atoms in total. The van der Waals surface area contributed by atoms with Crippen molar-refractivity contribution in [2.75, 3.05) is 30.8 Å². The predicted molar refractivity (Wildman–Crippen MR) is 150 cm³/mol. The summed E-state index contributed by atoms with van der Waals surface area (Å²) in [6.07, 6.45) is 5.52. The van der Waals surface area contributed by atoms with E-state index in [0.717, 1.165) is 40.9 Å². The van der Waals surface area contributed by atoms with Crippen molar-refractivity contribution < 1.29 is 18.7 Å². The Morgan fingerprint density at radius 1 is 1.21 bits per heavy atom. The molecule has 0 unspecified atom stereocenters. The fraction of sp³-hybridized carbons (Fsp3) is 0.429. The van der Waals surface area contributed by atoms with Crippen molar-refractivity contribution in [1.29, 1.82) is 0 Å². The third-order valence-corrected chi connectivity index (χ3v) is 8.60. The maximum atomic E-state index is 13.3. The number of rotatable bonds is 5. The van der Waals surface area contributed by atoms with Gasteiger partial charge in [-0.2, -0.15) is 0 Å². The minimum atomic E-state index is -0.512. The molecule has 1 aliphatic carbocycles. The molecule has 39 heavy (non-hydrogen) atoms. The first kappa shape index (κ1) is 25.4. The normalized spacial score (nSPS) is 20.8. The Labute approximate surface area is 230 Å². The number of fused-ring (bicyclic) bond motifs is 1. The van der Waals surface area contributed by atoms with Crippen LogP contribution in [0, 0.1) is 5.41 Å². The van der Waals surface area contributed by atoms with Gasteiger partial charge in [-0.1, -0.05) is 0 Å². The van der Waals surface area contributed by atoms with Gasteiger partial charge in [0.1, 0.15) is 5.60 Å². The lowest BCUT2D eigenvalue weighted by Gasteiger charge is -2.46. The van der Waals surface area contributed by atoms with Gasteiger partial charge in [0.2, 0.25) is 5.95 Å². The summed E-state index contributed by atoms with van der Waals surface area (Å²) < 4.78 is 13.1. The van der Waals surface area contributed by atoms with E-state index < -0.39 is 5.60 Å². The lowest BCUT2D eigenvalue weighted by molar-refractivity contribution is 0.0199. The summed E-state index contributed by atoms with van der Waals surface area (Å²) >= 11 is 1.34. The van der Waals surface area contributed by atoms with E-state index in [2.05, 4.69) is 20.2 Å². The van der Waals surface area contributed by atoms with Crippen molar-refractivity contribution in [3.05, 3.63) is 47.8 Å². The van der Waals surface area contributed by atoms with E-state index in [9.17, 15) is 9.59 Å². The number of thiophene rings is 1. The summed E-state index contributed by atoms with van der Waals surface area (Å²) in [7, 11) is 1.87. The zero-order chi connectivity index (χ0) is 27.4. The number of hydrogen-bond acceptors (Lipinski definition) is 8. The molecule has 3 aromatic heterocycles. The SMILES string of the molecule is CNc1ccc2c(c1)nc(NC(=O)c1ccc(-c3cnco3)s1)n2C1CC2(CCN(C(=O)OC(C)(C)C)C2)C1. The minimum Gasteiger partial charge on any atom is -0.444 e. The second-order valence-corrected chi connectivity index (χ2v) is 12.5. The summed E-state index contributed by atoms with van der Waals surface area (Å²) in [5.41, 5.74) is 2.29. The van der Waals surface area contributed by atoms with E-state index >= 15 is 0 Å². The minimum absolute atomic E-state index is 0.0596. The number of carbonyl (C=O) groups is 2. The highest BCUT2D eigenvalue weighted by molar-refractivity contribution is 7.17. The molecule has 204 valence electrons. The fourth-order valence-electron chi connectivity index (χ4n) is 5.68. The molecule has 11 heteroatoms. The first-order valence-electron chi connectivity index (χ1n) is 13.1. The molecule has 1 aliphatic heterocycles. The van der Waals surface area contributed by atoms with E-state index in [-0.39, 0.29) is 23.5 Å². The van der Waals surface area contributed by atoms with Crippen LogP contribution in [0.1, 0.15) is 55.7 Å².